The summed E-state index contributed by atoms with van der Waals surface area (Å²) in [7, 11) is 0. The molecule has 0 saturated heterocycles. The maximum atomic E-state index is 5.66. The topological polar surface area (TPSA) is 47.0 Å². The van der Waals surface area contributed by atoms with Crippen molar-refractivity contribution in [3.8, 4) is 17.1 Å². The Bertz CT molecular complexity index is 602. The minimum Gasteiger partial charge on any atom is -0.493 e. The number of hydrogen-bond donors (Lipinski definition) is 1. The molecule has 0 spiro atoms. The van der Waals surface area contributed by atoms with Crippen molar-refractivity contribution in [2.24, 2.45) is 0 Å². The van der Waals surface area contributed by atoms with Crippen LogP contribution in [-0.4, -0.2) is 23.1 Å². The van der Waals surface area contributed by atoms with Crippen LogP contribution in [0.15, 0.2) is 24.3 Å². The van der Waals surface area contributed by atoms with Crippen LogP contribution in [0.1, 0.15) is 19.5 Å². The predicted octanol–water partition coefficient (Wildman–Crippen LogP) is 3.89. The number of hydrogen-bond acceptors (Lipinski definition) is 4. The zero-order chi connectivity index (χ0) is 14.5. The van der Waals surface area contributed by atoms with Gasteiger partial charge in [-0.05, 0) is 55.5 Å². The molecule has 2 rings (SSSR count). The van der Waals surface area contributed by atoms with Crippen LogP contribution < -0.4 is 10.1 Å². The van der Waals surface area contributed by atoms with Crippen molar-refractivity contribution in [2.75, 3.05) is 18.5 Å². The van der Waals surface area contributed by atoms with Crippen LogP contribution in [0.25, 0.3) is 11.4 Å². The summed E-state index contributed by atoms with van der Waals surface area (Å²) < 4.78 is 6.72. The molecule has 0 aliphatic heterocycles. The third-order valence-electron chi connectivity index (χ3n) is 2.79. The maximum absolute atomic E-state index is 5.66. The molecule has 0 atom stereocenters. The number of nitrogens with zero attached hydrogens (tertiary/aromatic N) is 2. The van der Waals surface area contributed by atoms with Gasteiger partial charge in [0.25, 0.3) is 0 Å². The fourth-order valence-corrected chi connectivity index (χ4v) is 2.33. The molecule has 4 nitrogen and oxygen atoms in total. The Kier molecular flexibility index (Phi) is 5.17. The van der Waals surface area contributed by atoms with Crippen molar-refractivity contribution in [1.29, 1.82) is 0 Å². The summed E-state index contributed by atoms with van der Waals surface area (Å²) in [5.74, 6) is 2.39. The molecule has 20 heavy (non-hydrogen) atoms. The average molecular weight is 383 g/mol. The largest absolute Gasteiger partial charge is 0.493 e. The highest BCUT2D eigenvalue weighted by molar-refractivity contribution is 14.1. The van der Waals surface area contributed by atoms with E-state index in [-0.39, 0.29) is 0 Å². The Morgan fingerprint density at radius 3 is 2.65 bits per heavy atom. The molecule has 1 heterocycles. The number of aryl methyl sites for hydroxylation is 1. The van der Waals surface area contributed by atoms with Crippen molar-refractivity contribution >= 4 is 28.4 Å². The van der Waals surface area contributed by atoms with Gasteiger partial charge in [-0.1, -0.05) is 12.1 Å². The zero-order valence-electron chi connectivity index (χ0n) is 11.9. The molecule has 0 amide bonds. The normalized spacial score (nSPS) is 10.4. The van der Waals surface area contributed by atoms with E-state index >= 15 is 0 Å². The van der Waals surface area contributed by atoms with E-state index in [1.54, 1.807) is 0 Å². The molecule has 0 unspecified atom stereocenters. The lowest BCUT2D eigenvalue weighted by Gasteiger charge is -2.12. The SMILES string of the molecule is CCNc1nc(-c2ccccc2OCC)nc(C)c1I. The first-order valence-electron chi connectivity index (χ1n) is 6.67. The summed E-state index contributed by atoms with van der Waals surface area (Å²) >= 11 is 2.27. The molecule has 0 fully saturated rings. The number of anilines is 1. The van der Waals surface area contributed by atoms with Crippen LogP contribution in [0.5, 0.6) is 5.75 Å². The van der Waals surface area contributed by atoms with Gasteiger partial charge < -0.3 is 10.1 Å². The number of benzene rings is 1. The minimum atomic E-state index is 0.625. The minimum absolute atomic E-state index is 0.625. The fraction of sp³-hybridized carbons (Fsp3) is 0.333. The zero-order valence-corrected chi connectivity index (χ0v) is 14.1. The van der Waals surface area contributed by atoms with Crippen LogP contribution in [0.4, 0.5) is 5.82 Å². The Hall–Kier alpha value is -1.37. The van der Waals surface area contributed by atoms with Crippen molar-refractivity contribution in [3.05, 3.63) is 33.5 Å². The monoisotopic (exact) mass is 383 g/mol. The van der Waals surface area contributed by atoms with Gasteiger partial charge in [-0.3, -0.25) is 0 Å². The van der Waals surface area contributed by atoms with Gasteiger partial charge >= 0.3 is 0 Å². The number of halogens is 1. The standard InChI is InChI=1S/C15H18IN3O/c1-4-17-15-13(16)10(3)18-14(19-15)11-8-6-7-9-12(11)20-5-2/h6-9H,4-5H2,1-3H3,(H,17,18,19). The van der Waals surface area contributed by atoms with Crippen LogP contribution in [0, 0.1) is 10.5 Å². The van der Waals surface area contributed by atoms with E-state index in [1.807, 2.05) is 38.1 Å². The van der Waals surface area contributed by atoms with E-state index in [0.29, 0.717) is 12.4 Å². The molecule has 106 valence electrons. The van der Waals surface area contributed by atoms with Gasteiger partial charge in [0, 0.05) is 6.54 Å². The number of rotatable bonds is 5. The molecule has 1 aromatic carbocycles. The van der Waals surface area contributed by atoms with Crippen LogP contribution in [0.3, 0.4) is 0 Å². The van der Waals surface area contributed by atoms with Gasteiger partial charge in [0.2, 0.25) is 0 Å². The Balaban J connectivity index is 2.52. The van der Waals surface area contributed by atoms with Gasteiger partial charge in [-0.15, -0.1) is 0 Å². The van der Waals surface area contributed by atoms with Gasteiger partial charge in [-0.25, -0.2) is 9.97 Å². The van der Waals surface area contributed by atoms with Gasteiger partial charge in [0.05, 0.1) is 21.4 Å². The summed E-state index contributed by atoms with van der Waals surface area (Å²) in [4.78, 5) is 9.22. The summed E-state index contributed by atoms with van der Waals surface area (Å²) in [5.41, 5.74) is 1.89. The number of nitrogens with one attached hydrogen (secondary N) is 1. The lowest BCUT2D eigenvalue weighted by Crippen LogP contribution is -2.06. The lowest BCUT2D eigenvalue weighted by atomic mass is 10.2. The molecule has 5 heteroatoms. The van der Waals surface area contributed by atoms with E-state index in [9.17, 15) is 0 Å². The second-order valence-electron chi connectivity index (χ2n) is 4.25. The molecule has 0 aliphatic rings. The summed E-state index contributed by atoms with van der Waals surface area (Å²) in [5, 5.41) is 3.28. The van der Waals surface area contributed by atoms with Crippen LogP contribution in [-0.2, 0) is 0 Å². The molecule has 1 N–H and O–H groups in total. The van der Waals surface area contributed by atoms with Crippen molar-refractivity contribution in [2.45, 2.75) is 20.8 Å². The van der Waals surface area contributed by atoms with Crippen LogP contribution >= 0.6 is 22.6 Å². The average Bonchev–Trinajstić information content (AvgIpc) is 2.45. The van der Waals surface area contributed by atoms with E-state index in [4.69, 9.17) is 4.74 Å². The van der Waals surface area contributed by atoms with Crippen molar-refractivity contribution < 1.29 is 4.74 Å². The Morgan fingerprint density at radius 2 is 1.95 bits per heavy atom. The molecular formula is C15H18IN3O. The predicted molar refractivity (Wildman–Crippen MR) is 90.3 cm³/mol. The summed E-state index contributed by atoms with van der Waals surface area (Å²) in [6.07, 6.45) is 0. The molecule has 0 radical (unpaired) electrons. The molecule has 0 aliphatic carbocycles. The smallest absolute Gasteiger partial charge is 0.165 e. The first-order chi connectivity index (χ1) is 9.67. The second kappa shape index (κ2) is 6.88. The molecule has 2 aromatic rings. The lowest BCUT2D eigenvalue weighted by molar-refractivity contribution is 0.341. The van der Waals surface area contributed by atoms with E-state index < -0.39 is 0 Å². The van der Waals surface area contributed by atoms with Crippen molar-refractivity contribution in [3.63, 3.8) is 0 Å². The van der Waals surface area contributed by atoms with Crippen LogP contribution in [0.2, 0.25) is 0 Å². The summed E-state index contributed by atoms with van der Waals surface area (Å²) in [6, 6.07) is 7.87. The first kappa shape index (κ1) is 15.0. The van der Waals surface area contributed by atoms with E-state index in [0.717, 1.165) is 32.9 Å². The highest BCUT2D eigenvalue weighted by Gasteiger charge is 2.13. The fourth-order valence-electron chi connectivity index (χ4n) is 1.90. The molecular weight excluding hydrogens is 365 g/mol. The Labute approximate surface area is 133 Å². The van der Waals surface area contributed by atoms with Gasteiger partial charge in [0.1, 0.15) is 11.6 Å². The summed E-state index contributed by atoms with van der Waals surface area (Å²) in [6.45, 7) is 7.48. The Morgan fingerprint density at radius 1 is 1.20 bits per heavy atom. The third-order valence-corrected chi connectivity index (χ3v) is 4.08. The van der Waals surface area contributed by atoms with Gasteiger partial charge in [-0.2, -0.15) is 0 Å². The number of ether oxygens (including phenoxy) is 1. The quantitative estimate of drug-likeness (QED) is 0.796. The first-order valence-corrected chi connectivity index (χ1v) is 7.75. The molecule has 1 aromatic heterocycles. The van der Waals surface area contributed by atoms with Crippen molar-refractivity contribution in [1.82, 2.24) is 9.97 Å². The maximum Gasteiger partial charge on any atom is 0.165 e. The van der Waals surface area contributed by atoms with E-state index in [2.05, 4.69) is 44.8 Å². The highest BCUT2D eigenvalue weighted by Crippen LogP contribution is 2.30. The van der Waals surface area contributed by atoms with Gasteiger partial charge in [0.15, 0.2) is 5.82 Å². The molecule has 0 bridgehead atoms. The number of para-hydroxylation sites is 1. The third kappa shape index (κ3) is 3.20. The highest BCUT2D eigenvalue weighted by atomic mass is 127. The van der Waals surface area contributed by atoms with E-state index in [1.165, 1.54) is 0 Å². The molecule has 0 saturated carbocycles. The second-order valence-corrected chi connectivity index (χ2v) is 5.33. The number of aromatic nitrogens is 2.